The Morgan fingerprint density at radius 2 is 1.83 bits per heavy atom. The van der Waals surface area contributed by atoms with Crippen LogP contribution in [0.1, 0.15) is 32.6 Å². The second-order valence-corrected chi connectivity index (χ2v) is 6.24. The summed E-state index contributed by atoms with van der Waals surface area (Å²) in [6.45, 7) is 2.10. The van der Waals surface area contributed by atoms with E-state index in [1.165, 1.54) is 7.11 Å². The summed E-state index contributed by atoms with van der Waals surface area (Å²) >= 11 is 0. The molecule has 18 heavy (non-hydrogen) atoms. The standard InChI is InChI=1S/C14H21NO3/c1-7-5-10(7)13(16)15-12-9-4-3-8(6-9)11(12)14(17)18-2/h7-12H,3-6H2,1-2H3,(H,15,16)/t7-,8-,9-,10-,11+,12-/m0/s1. The van der Waals surface area contributed by atoms with Gasteiger partial charge in [-0.05, 0) is 43.4 Å². The molecule has 3 fully saturated rings. The summed E-state index contributed by atoms with van der Waals surface area (Å²) in [4.78, 5) is 23.9. The van der Waals surface area contributed by atoms with E-state index in [2.05, 4.69) is 12.2 Å². The molecule has 4 heteroatoms. The van der Waals surface area contributed by atoms with Crippen molar-refractivity contribution in [3.63, 3.8) is 0 Å². The number of hydrogen-bond acceptors (Lipinski definition) is 3. The Morgan fingerprint density at radius 1 is 1.17 bits per heavy atom. The van der Waals surface area contributed by atoms with Gasteiger partial charge in [0.1, 0.15) is 0 Å². The van der Waals surface area contributed by atoms with E-state index in [1.807, 2.05) is 0 Å². The van der Waals surface area contributed by atoms with E-state index in [9.17, 15) is 9.59 Å². The topological polar surface area (TPSA) is 55.4 Å². The molecular formula is C14H21NO3. The highest BCUT2D eigenvalue weighted by atomic mass is 16.5. The Morgan fingerprint density at radius 3 is 2.44 bits per heavy atom. The quantitative estimate of drug-likeness (QED) is 0.770. The van der Waals surface area contributed by atoms with Crippen molar-refractivity contribution in [2.24, 2.45) is 29.6 Å². The maximum atomic E-state index is 12.0. The largest absolute Gasteiger partial charge is 0.469 e. The molecule has 0 aromatic heterocycles. The zero-order valence-electron chi connectivity index (χ0n) is 11.0. The van der Waals surface area contributed by atoms with E-state index in [1.54, 1.807) is 0 Å². The molecule has 3 saturated carbocycles. The van der Waals surface area contributed by atoms with Crippen molar-refractivity contribution in [3.8, 4) is 0 Å². The molecule has 3 aliphatic rings. The summed E-state index contributed by atoms with van der Waals surface area (Å²) in [7, 11) is 1.44. The van der Waals surface area contributed by atoms with Gasteiger partial charge in [0.15, 0.2) is 0 Å². The zero-order chi connectivity index (χ0) is 12.9. The average Bonchev–Trinajstić information content (AvgIpc) is 2.80. The van der Waals surface area contributed by atoms with Gasteiger partial charge in [-0.1, -0.05) is 6.92 Å². The Kier molecular flexibility index (Phi) is 2.83. The van der Waals surface area contributed by atoms with Gasteiger partial charge in [-0.25, -0.2) is 0 Å². The summed E-state index contributed by atoms with van der Waals surface area (Å²) in [6.07, 6.45) is 4.32. The minimum absolute atomic E-state index is 0.0245. The van der Waals surface area contributed by atoms with Crippen LogP contribution in [0.5, 0.6) is 0 Å². The van der Waals surface area contributed by atoms with Crippen LogP contribution in [0, 0.1) is 29.6 Å². The average molecular weight is 251 g/mol. The maximum Gasteiger partial charge on any atom is 0.311 e. The van der Waals surface area contributed by atoms with Crippen molar-refractivity contribution < 1.29 is 14.3 Å². The van der Waals surface area contributed by atoms with Gasteiger partial charge in [0, 0.05) is 12.0 Å². The molecule has 1 amide bonds. The molecule has 0 radical (unpaired) electrons. The number of esters is 1. The minimum atomic E-state index is -0.142. The molecule has 0 unspecified atom stereocenters. The van der Waals surface area contributed by atoms with Gasteiger partial charge in [-0.15, -0.1) is 0 Å². The summed E-state index contributed by atoms with van der Waals surface area (Å²) in [5.74, 6) is 1.50. The molecule has 0 aromatic carbocycles. The third-order valence-electron chi connectivity index (χ3n) is 5.14. The number of hydrogen-bond donors (Lipinski definition) is 1. The van der Waals surface area contributed by atoms with Crippen LogP contribution >= 0.6 is 0 Å². The zero-order valence-corrected chi connectivity index (χ0v) is 11.0. The lowest BCUT2D eigenvalue weighted by atomic mass is 9.84. The van der Waals surface area contributed by atoms with Crippen LogP contribution in [0.15, 0.2) is 0 Å². The second-order valence-electron chi connectivity index (χ2n) is 6.24. The lowest BCUT2D eigenvalue weighted by molar-refractivity contribution is -0.148. The molecule has 0 spiro atoms. The Bertz CT molecular complexity index is 381. The molecule has 4 nitrogen and oxygen atoms in total. The van der Waals surface area contributed by atoms with Crippen molar-refractivity contribution in [3.05, 3.63) is 0 Å². The monoisotopic (exact) mass is 251 g/mol. The first-order valence-corrected chi connectivity index (χ1v) is 7.00. The van der Waals surface area contributed by atoms with E-state index in [4.69, 9.17) is 4.74 Å². The van der Waals surface area contributed by atoms with Crippen LogP contribution in [0.25, 0.3) is 0 Å². The molecule has 0 aromatic rings. The predicted octanol–water partition coefficient (Wildman–Crippen LogP) is 1.35. The third kappa shape index (κ3) is 1.82. The second kappa shape index (κ2) is 4.25. The molecule has 0 saturated heterocycles. The van der Waals surface area contributed by atoms with Crippen LogP contribution in [0.2, 0.25) is 0 Å². The number of carbonyl (C=O) groups excluding carboxylic acids is 2. The molecule has 100 valence electrons. The first kappa shape index (κ1) is 12.0. The molecule has 6 atom stereocenters. The third-order valence-corrected chi connectivity index (χ3v) is 5.14. The Balaban J connectivity index is 1.69. The molecule has 0 aliphatic heterocycles. The number of nitrogens with one attached hydrogen (secondary N) is 1. The van der Waals surface area contributed by atoms with Crippen LogP contribution in [-0.2, 0) is 14.3 Å². The highest BCUT2D eigenvalue weighted by molar-refractivity contribution is 5.83. The normalized spacial score (nSPS) is 44.8. The van der Waals surface area contributed by atoms with Crippen molar-refractivity contribution in [1.29, 1.82) is 0 Å². The van der Waals surface area contributed by atoms with Crippen LogP contribution < -0.4 is 5.32 Å². The van der Waals surface area contributed by atoms with Crippen molar-refractivity contribution in [2.75, 3.05) is 7.11 Å². The highest BCUT2D eigenvalue weighted by Crippen LogP contribution is 2.49. The van der Waals surface area contributed by atoms with E-state index < -0.39 is 0 Å². The lowest BCUT2D eigenvalue weighted by Gasteiger charge is -2.29. The first-order chi connectivity index (χ1) is 8.61. The van der Waals surface area contributed by atoms with Gasteiger partial charge < -0.3 is 10.1 Å². The molecule has 2 bridgehead atoms. The van der Waals surface area contributed by atoms with Gasteiger partial charge >= 0.3 is 5.97 Å². The van der Waals surface area contributed by atoms with E-state index in [-0.39, 0.29) is 29.8 Å². The van der Waals surface area contributed by atoms with Gasteiger partial charge in [0.25, 0.3) is 0 Å². The fourth-order valence-electron chi connectivity index (χ4n) is 3.93. The smallest absolute Gasteiger partial charge is 0.311 e. The number of rotatable bonds is 3. The van der Waals surface area contributed by atoms with Gasteiger partial charge in [-0.3, -0.25) is 9.59 Å². The number of fused-ring (bicyclic) bond motifs is 2. The summed E-state index contributed by atoms with van der Waals surface area (Å²) < 4.78 is 4.91. The first-order valence-electron chi connectivity index (χ1n) is 7.00. The number of amides is 1. The van der Waals surface area contributed by atoms with E-state index >= 15 is 0 Å². The SMILES string of the molecule is COC(=O)[C@@H]1[C@H]2CC[C@@H](C2)[C@@H]1NC(=O)[C@H]1C[C@@H]1C. The van der Waals surface area contributed by atoms with Crippen molar-refractivity contribution in [1.82, 2.24) is 5.32 Å². The van der Waals surface area contributed by atoms with Crippen molar-refractivity contribution in [2.45, 2.75) is 38.6 Å². The maximum absolute atomic E-state index is 12.0. The van der Waals surface area contributed by atoms with Gasteiger partial charge in [0.2, 0.25) is 5.91 Å². The highest BCUT2D eigenvalue weighted by Gasteiger charge is 2.53. The summed E-state index contributed by atoms with van der Waals surface area (Å²) in [6, 6.07) is 0.0245. The molecule has 1 N–H and O–H groups in total. The Labute approximate surface area is 107 Å². The number of ether oxygens (including phenoxy) is 1. The fourth-order valence-corrected chi connectivity index (χ4v) is 3.93. The predicted molar refractivity (Wildman–Crippen MR) is 65.5 cm³/mol. The Hall–Kier alpha value is -1.06. The molecule has 0 heterocycles. The fraction of sp³-hybridized carbons (Fsp3) is 0.857. The van der Waals surface area contributed by atoms with Gasteiger partial charge in [0.05, 0.1) is 13.0 Å². The summed E-state index contributed by atoms with van der Waals surface area (Å²) in [5, 5.41) is 3.13. The van der Waals surface area contributed by atoms with E-state index in [0.29, 0.717) is 17.8 Å². The molecule has 3 aliphatic carbocycles. The van der Waals surface area contributed by atoms with Crippen LogP contribution in [-0.4, -0.2) is 25.0 Å². The lowest BCUT2D eigenvalue weighted by Crippen LogP contribution is -2.47. The number of carbonyl (C=O) groups is 2. The van der Waals surface area contributed by atoms with Gasteiger partial charge in [-0.2, -0.15) is 0 Å². The molecular weight excluding hydrogens is 230 g/mol. The number of methoxy groups -OCH3 is 1. The van der Waals surface area contributed by atoms with Crippen LogP contribution in [0.3, 0.4) is 0 Å². The molecule has 3 rings (SSSR count). The minimum Gasteiger partial charge on any atom is -0.469 e. The van der Waals surface area contributed by atoms with Crippen LogP contribution in [0.4, 0.5) is 0 Å². The van der Waals surface area contributed by atoms with Crippen molar-refractivity contribution >= 4 is 11.9 Å². The van der Waals surface area contributed by atoms with E-state index in [0.717, 1.165) is 25.7 Å². The summed E-state index contributed by atoms with van der Waals surface area (Å²) in [5.41, 5.74) is 0.